The van der Waals surface area contributed by atoms with E-state index in [0.717, 1.165) is 57.1 Å². The number of carbonyl (C=O) groups is 1. The maximum Gasteiger partial charge on any atom is 0.255 e. The number of rotatable bonds is 7. The molecule has 0 saturated carbocycles. The van der Waals surface area contributed by atoms with Gasteiger partial charge >= 0.3 is 0 Å². The third-order valence-electron chi connectivity index (χ3n) is 4.97. The first kappa shape index (κ1) is 19.2. The van der Waals surface area contributed by atoms with Gasteiger partial charge in [-0.3, -0.25) is 9.78 Å². The first-order valence-corrected chi connectivity index (χ1v) is 9.53. The Morgan fingerprint density at radius 3 is 2.74 bits per heavy atom. The number of benzene rings is 1. The average Bonchev–Trinajstić information content (AvgIpc) is 2.73. The van der Waals surface area contributed by atoms with Gasteiger partial charge in [0.2, 0.25) is 0 Å². The molecule has 1 N–H and O–H groups in total. The Labute approximate surface area is 161 Å². The number of aromatic nitrogens is 1. The molecule has 6 nitrogen and oxygen atoms in total. The number of anilines is 1. The first-order valence-electron chi connectivity index (χ1n) is 9.53. The second-order valence-electron chi connectivity index (χ2n) is 6.72. The van der Waals surface area contributed by atoms with Crippen LogP contribution in [0.1, 0.15) is 22.8 Å². The Kier molecular flexibility index (Phi) is 6.65. The fourth-order valence-electron chi connectivity index (χ4n) is 3.28. The molecule has 1 fully saturated rings. The van der Waals surface area contributed by atoms with E-state index in [1.54, 1.807) is 19.5 Å². The molecule has 1 amide bonds. The molecule has 3 rings (SSSR count). The maximum atomic E-state index is 12.7. The van der Waals surface area contributed by atoms with Crippen LogP contribution in [0.2, 0.25) is 0 Å². The smallest absolute Gasteiger partial charge is 0.255 e. The van der Waals surface area contributed by atoms with Crippen molar-refractivity contribution in [2.24, 2.45) is 0 Å². The standard InChI is InChI=1S/C21H28N4O2/c1-3-24-9-11-25(12-10-24)21(26)18-14-19(16-22-15-18)23-8-7-17-5-4-6-20(13-17)27-2/h4-6,13-16,23H,3,7-12H2,1-2H3. The molecular weight excluding hydrogens is 340 g/mol. The molecule has 1 aliphatic rings. The number of methoxy groups -OCH3 is 1. The first-order chi connectivity index (χ1) is 13.2. The average molecular weight is 368 g/mol. The Hall–Kier alpha value is -2.60. The van der Waals surface area contributed by atoms with Crippen molar-refractivity contribution in [3.8, 4) is 5.75 Å². The molecule has 1 aliphatic heterocycles. The summed E-state index contributed by atoms with van der Waals surface area (Å²) in [5, 5.41) is 3.36. The molecule has 0 aliphatic carbocycles. The summed E-state index contributed by atoms with van der Waals surface area (Å²) in [5.41, 5.74) is 2.72. The van der Waals surface area contributed by atoms with Crippen molar-refractivity contribution in [2.45, 2.75) is 13.3 Å². The van der Waals surface area contributed by atoms with Gasteiger partial charge in [0.05, 0.1) is 18.4 Å². The van der Waals surface area contributed by atoms with Gasteiger partial charge in [-0.05, 0) is 36.7 Å². The topological polar surface area (TPSA) is 57.7 Å². The van der Waals surface area contributed by atoms with Crippen molar-refractivity contribution < 1.29 is 9.53 Å². The highest BCUT2D eigenvalue weighted by Crippen LogP contribution is 2.15. The van der Waals surface area contributed by atoms with Gasteiger partial charge in [-0.2, -0.15) is 0 Å². The SMILES string of the molecule is CCN1CCN(C(=O)c2cncc(NCCc3cccc(OC)c3)c2)CC1. The lowest BCUT2D eigenvalue weighted by Crippen LogP contribution is -2.48. The molecule has 0 atom stereocenters. The van der Waals surface area contributed by atoms with E-state index in [1.165, 1.54) is 5.56 Å². The molecule has 0 spiro atoms. The van der Waals surface area contributed by atoms with E-state index >= 15 is 0 Å². The number of nitrogens with zero attached hydrogens (tertiary/aromatic N) is 3. The van der Waals surface area contributed by atoms with Gasteiger partial charge < -0.3 is 19.9 Å². The second-order valence-corrected chi connectivity index (χ2v) is 6.72. The number of piperazine rings is 1. The van der Waals surface area contributed by atoms with Crippen LogP contribution in [-0.4, -0.2) is 67.1 Å². The van der Waals surface area contributed by atoms with Crippen LogP contribution in [0, 0.1) is 0 Å². The summed E-state index contributed by atoms with van der Waals surface area (Å²) in [6.07, 6.45) is 4.29. The number of carbonyl (C=O) groups excluding carboxylic acids is 1. The van der Waals surface area contributed by atoms with Crippen LogP contribution in [0.15, 0.2) is 42.7 Å². The summed E-state index contributed by atoms with van der Waals surface area (Å²) in [5.74, 6) is 0.930. The third-order valence-corrected chi connectivity index (χ3v) is 4.97. The summed E-state index contributed by atoms with van der Waals surface area (Å²) in [7, 11) is 1.67. The van der Waals surface area contributed by atoms with Gasteiger partial charge in [-0.15, -0.1) is 0 Å². The van der Waals surface area contributed by atoms with Crippen LogP contribution >= 0.6 is 0 Å². The number of amides is 1. The van der Waals surface area contributed by atoms with Crippen LogP contribution in [0.3, 0.4) is 0 Å². The summed E-state index contributed by atoms with van der Waals surface area (Å²) in [4.78, 5) is 21.3. The van der Waals surface area contributed by atoms with Crippen LogP contribution in [0.25, 0.3) is 0 Å². The zero-order valence-electron chi connectivity index (χ0n) is 16.1. The normalized spacial score (nSPS) is 14.8. The number of hydrogen-bond donors (Lipinski definition) is 1. The Morgan fingerprint density at radius 2 is 2.00 bits per heavy atom. The number of pyridine rings is 1. The van der Waals surface area contributed by atoms with Crippen molar-refractivity contribution in [2.75, 3.05) is 51.7 Å². The lowest BCUT2D eigenvalue weighted by Gasteiger charge is -2.34. The number of hydrogen-bond acceptors (Lipinski definition) is 5. The molecule has 27 heavy (non-hydrogen) atoms. The molecule has 0 radical (unpaired) electrons. The summed E-state index contributed by atoms with van der Waals surface area (Å²) in [6.45, 7) is 7.39. The molecule has 1 aromatic carbocycles. The van der Waals surface area contributed by atoms with Gasteiger partial charge in [-0.25, -0.2) is 0 Å². The zero-order chi connectivity index (χ0) is 19.1. The molecule has 0 bridgehead atoms. The quantitative estimate of drug-likeness (QED) is 0.814. The van der Waals surface area contributed by atoms with Crippen molar-refractivity contribution >= 4 is 11.6 Å². The fraction of sp³-hybridized carbons (Fsp3) is 0.429. The summed E-state index contributed by atoms with van der Waals surface area (Å²) in [6, 6.07) is 9.95. The molecule has 6 heteroatoms. The third kappa shape index (κ3) is 5.20. The molecule has 2 heterocycles. The number of ether oxygens (including phenoxy) is 1. The van der Waals surface area contributed by atoms with E-state index in [0.29, 0.717) is 5.56 Å². The predicted molar refractivity (Wildman–Crippen MR) is 107 cm³/mol. The van der Waals surface area contributed by atoms with Gasteiger partial charge in [0.15, 0.2) is 0 Å². The minimum Gasteiger partial charge on any atom is -0.497 e. The van der Waals surface area contributed by atoms with Gasteiger partial charge in [-0.1, -0.05) is 19.1 Å². The van der Waals surface area contributed by atoms with E-state index < -0.39 is 0 Å². The van der Waals surface area contributed by atoms with Crippen molar-refractivity contribution in [3.63, 3.8) is 0 Å². The monoisotopic (exact) mass is 368 g/mol. The van der Waals surface area contributed by atoms with Crippen molar-refractivity contribution in [3.05, 3.63) is 53.9 Å². The van der Waals surface area contributed by atoms with Crippen molar-refractivity contribution in [1.29, 1.82) is 0 Å². The number of likely N-dealkylation sites (N-methyl/N-ethyl adjacent to an activating group) is 1. The summed E-state index contributed by atoms with van der Waals surface area (Å²) < 4.78 is 5.26. The minimum atomic E-state index is 0.0645. The van der Waals surface area contributed by atoms with E-state index in [9.17, 15) is 4.79 Å². The van der Waals surface area contributed by atoms with Gasteiger partial charge in [0.25, 0.3) is 5.91 Å². The highest BCUT2D eigenvalue weighted by Gasteiger charge is 2.21. The second kappa shape index (κ2) is 9.37. The van der Waals surface area contributed by atoms with E-state index in [2.05, 4.69) is 28.2 Å². The van der Waals surface area contributed by atoms with Gasteiger partial charge in [0.1, 0.15) is 5.75 Å². The van der Waals surface area contributed by atoms with E-state index in [1.807, 2.05) is 29.2 Å². The maximum absolute atomic E-state index is 12.7. The molecule has 1 aromatic heterocycles. The fourth-order valence-corrected chi connectivity index (χ4v) is 3.28. The molecule has 2 aromatic rings. The van der Waals surface area contributed by atoms with Crippen LogP contribution in [0.4, 0.5) is 5.69 Å². The Balaban J connectivity index is 1.54. The summed E-state index contributed by atoms with van der Waals surface area (Å²) >= 11 is 0. The van der Waals surface area contributed by atoms with Gasteiger partial charge in [0, 0.05) is 45.1 Å². The zero-order valence-corrected chi connectivity index (χ0v) is 16.1. The highest BCUT2D eigenvalue weighted by molar-refractivity contribution is 5.94. The van der Waals surface area contributed by atoms with Crippen molar-refractivity contribution in [1.82, 2.24) is 14.8 Å². The largest absolute Gasteiger partial charge is 0.497 e. The Bertz CT molecular complexity index is 757. The molecule has 0 unspecified atom stereocenters. The molecular formula is C21H28N4O2. The molecule has 1 saturated heterocycles. The van der Waals surface area contributed by atoms with Crippen LogP contribution in [-0.2, 0) is 6.42 Å². The lowest BCUT2D eigenvalue weighted by atomic mass is 10.1. The predicted octanol–water partition coefficient (Wildman–Crippen LogP) is 2.52. The minimum absolute atomic E-state index is 0.0645. The lowest BCUT2D eigenvalue weighted by molar-refractivity contribution is 0.0643. The van der Waals surface area contributed by atoms with Crippen LogP contribution < -0.4 is 10.1 Å². The number of nitrogens with one attached hydrogen (secondary N) is 1. The van der Waals surface area contributed by atoms with E-state index in [-0.39, 0.29) is 5.91 Å². The highest BCUT2D eigenvalue weighted by atomic mass is 16.5. The van der Waals surface area contributed by atoms with Crippen LogP contribution in [0.5, 0.6) is 5.75 Å². The van der Waals surface area contributed by atoms with E-state index in [4.69, 9.17) is 4.74 Å². The molecule has 144 valence electrons. The Morgan fingerprint density at radius 1 is 1.19 bits per heavy atom.